The molecule has 2 atom stereocenters. The van der Waals surface area contributed by atoms with Crippen LogP contribution >= 0.6 is 0 Å². The molecule has 0 saturated carbocycles. The Morgan fingerprint density at radius 1 is 1.38 bits per heavy atom. The van der Waals surface area contributed by atoms with Gasteiger partial charge in [0.2, 0.25) is 0 Å². The predicted octanol–water partition coefficient (Wildman–Crippen LogP) is 2.41. The van der Waals surface area contributed by atoms with Crippen LogP contribution in [0.4, 0.5) is 10.1 Å². The Morgan fingerprint density at radius 3 is 2.92 bits per heavy atom. The lowest BCUT2D eigenvalue weighted by Crippen LogP contribution is -2.36. The summed E-state index contributed by atoms with van der Waals surface area (Å²) in [5.41, 5.74) is 0.868. The van der Waals surface area contributed by atoms with Crippen molar-refractivity contribution in [2.24, 2.45) is 0 Å². The summed E-state index contributed by atoms with van der Waals surface area (Å²) in [7, 11) is 0. The Bertz CT molecular complexity index is 327. The molecule has 13 heavy (non-hydrogen) atoms. The molecule has 2 rings (SSSR count). The Morgan fingerprint density at radius 2 is 2.15 bits per heavy atom. The standard InChI is InChI=1S/C10H12FNO/c1-6-7(2)13-10-5-8(11)3-4-9(10)12-6/h3-7,12H,1-2H3. The minimum Gasteiger partial charge on any atom is -0.486 e. The number of halogens is 1. The molecule has 0 radical (unpaired) electrons. The van der Waals surface area contributed by atoms with Gasteiger partial charge in [0.1, 0.15) is 17.7 Å². The molecule has 3 heteroatoms. The van der Waals surface area contributed by atoms with Crippen molar-refractivity contribution in [3.05, 3.63) is 24.0 Å². The Labute approximate surface area is 76.7 Å². The first-order chi connectivity index (χ1) is 6.16. The Balaban J connectivity index is 2.37. The molecule has 0 aliphatic carbocycles. The average molecular weight is 181 g/mol. The van der Waals surface area contributed by atoms with Crippen molar-refractivity contribution in [3.8, 4) is 5.75 Å². The maximum absolute atomic E-state index is 12.8. The van der Waals surface area contributed by atoms with Crippen LogP contribution in [0.2, 0.25) is 0 Å². The Hall–Kier alpha value is -1.25. The van der Waals surface area contributed by atoms with E-state index in [9.17, 15) is 4.39 Å². The van der Waals surface area contributed by atoms with Gasteiger partial charge in [-0.25, -0.2) is 4.39 Å². The zero-order valence-electron chi connectivity index (χ0n) is 7.67. The summed E-state index contributed by atoms with van der Waals surface area (Å²) in [5, 5.41) is 3.25. The molecule has 1 heterocycles. The van der Waals surface area contributed by atoms with Gasteiger partial charge in [0.15, 0.2) is 0 Å². The highest BCUT2D eigenvalue weighted by Gasteiger charge is 2.22. The van der Waals surface area contributed by atoms with E-state index in [-0.39, 0.29) is 18.0 Å². The molecule has 1 aliphatic heterocycles. The monoisotopic (exact) mass is 181 g/mol. The van der Waals surface area contributed by atoms with Gasteiger partial charge in [-0.3, -0.25) is 0 Å². The largest absolute Gasteiger partial charge is 0.486 e. The fourth-order valence-electron chi connectivity index (χ4n) is 1.38. The summed E-state index contributed by atoms with van der Waals surface area (Å²) in [6.07, 6.45) is 0.0781. The topological polar surface area (TPSA) is 21.3 Å². The fourth-order valence-corrected chi connectivity index (χ4v) is 1.38. The van der Waals surface area contributed by atoms with E-state index >= 15 is 0 Å². The van der Waals surface area contributed by atoms with Crippen LogP contribution in [0.25, 0.3) is 0 Å². The molecule has 1 aromatic carbocycles. The van der Waals surface area contributed by atoms with Crippen molar-refractivity contribution >= 4 is 5.69 Å². The van der Waals surface area contributed by atoms with Crippen molar-refractivity contribution in [1.82, 2.24) is 0 Å². The van der Waals surface area contributed by atoms with Crippen molar-refractivity contribution in [2.75, 3.05) is 5.32 Å². The molecule has 0 fully saturated rings. The fraction of sp³-hybridized carbons (Fsp3) is 0.400. The van der Waals surface area contributed by atoms with E-state index in [4.69, 9.17) is 4.74 Å². The van der Waals surface area contributed by atoms with Crippen LogP contribution in [0.5, 0.6) is 5.75 Å². The second-order valence-corrected chi connectivity index (χ2v) is 3.40. The van der Waals surface area contributed by atoms with Gasteiger partial charge < -0.3 is 10.1 Å². The lowest BCUT2D eigenvalue weighted by Gasteiger charge is -2.30. The Kier molecular flexibility index (Phi) is 1.87. The maximum atomic E-state index is 12.8. The molecule has 0 aromatic heterocycles. The first-order valence-electron chi connectivity index (χ1n) is 4.39. The summed E-state index contributed by atoms with van der Waals surface area (Å²) < 4.78 is 18.3. The second-order valence-electron chi connectivity index (χ2n) is 3.40. The highest BCUT2D eigenvalue weighted by atomic mass is 19.1. The highest BCUT2D eigenvalue weighted by Crippen LogP contribution is 2.31. The van der Waals surface area contributed by atoms with Crippen molar-refractivity contribution in [3.63, 3.8) is 0 Å². The predicted molar refractivity (Wildman–Crippen MR) is 49.6 cm³/mol. The summed E-state index contributed by atoms with van der Waals surface area (Å²) in [5.74, 6) is 0.341. The van der Waals surface area contributed by atoms with Crippen molar-refractivity contribution < 1.29 is 9.13 Å². The number of fused-ring (bicyclic) bond motifs is 1. The molecule has 0 saturated heterocycles. The average Bonchev–Trinajstić information content (AvgIpc) is 2.08. The van der Waals surface area contributed by atoms with Gasteiger partial charge >= 0.3 is 0 Å². The molecule has 0 spiro atoms. The van der Waals surface area contributed by atoms with E-state index in [0.717, 1.165) is 5.69 Å². The van der Waals surface area contributed by atoms with E-state index in [1.807, 2.05) is 13.8 Å². The lowest BCUT2D eigenvalue weighted by molar-refractivity contribution is 0.193. The van der Waals surface area contributed by atoms with E-state index in [2.05, 4.69) is 5.32 Å². The van der Waals surface area contributed by atoms with Gasteiger partial charge in [0.25, 0.3) is 0 Å². The van der Waals surface area contributed by atoms with Crippen LogP contribution in [-0.2, 0) is 0 Å². The molecule has 1 aliphatic rings. The SMILES string of the molecule is CC1Nc2ccc(F)cc2OC1C. The summed E-state index contributed by atoms with van der Waals surface area (Å²) in [6.45, 7) is 4.00. The highest BCUT2D eigenvalue weighted by molar-refractivity contribution is 5.58. The van der Waals surface area contributed by atoms with Crippen LogP contribution in [-0.4, -0.2) is 12.1 Å². The number of anilines is 1. The first-order valence-corrected chi connectivity index (χ1v) is 4.39. The van der Waals surface area contributed by atoms with Crippen LogP contribution in [0.3, 0.4) is 0 Å². The van der Waals surface area contributed by atoms with Gasteiger partial charge in [-0.05, 0) is 26.0 Å². The third kappa shape index (κ3) is 1.46. The molecule has 70 valence electrons. The number of benzene rings is 1. The summed E-state index contributed by atoms with van der Waals surface area (Å²) in [4.78, 5) is 0. The molecule has 2 nitrogen and oxygen atoms in total. The zero-order chi connectivity index (χ0) is 9.42. The van der Waals surface area contributed by atoms with Crippen LogP contribution in [0.1, 0.15) is 13.8 Å². The maximum Gasteiger partial charge on any atom is 0.145 e. The normalized spacial score (nSPS) is 25.8. The van der Waals surface area contributed by atoms with E-state index in [1.165, 1.54) is 12.1 Å². The van der Waals surface area contributed by atoms with Gasteiger partial charge in [0.05, 0.1) is 11.7 Å². The number of hydrogen-bond donors (Lipinski definition) is 1. The van der Waals surface area contributed by atoms with Crippen LogP contribution < -0.4 is 10.1 Å². The molecule has 0 amide bonds. The molecular formula is C10H12FNO. The van der Waals surface area contributed by atoms with Crippen molar-refractivity contribution in [2.45, 2.75) is 26.0 Å². The number of ether oxygens (including phenoxy) is 1. The van der Waals surface area contributed by atoms with Crippen LogP contribution in [0, 0.1) is 5.82 Å². The van der Waals surface area contributed by atoms with Gasteiger partial charge in [-0.2, -0.15) is 0 Å². The van der Waals surface area contributed by atoms with E-state index < -0.39 is 0 Å². The van der Waals surface area contributed by atoms with Gasteiger partial charge in [0, 0.05) is 6.07 Å². The third-order valence-electron chi connectivity index (χ3n) is 2.34. The first kappa shape index (κ1) is 8.35. The molecule has 1 N–H and O–H groups in total. The molecule has 0 bridgehead atoms. The number of hydrogen-bond acceptors (Lipinski definition) is 2. The summed E-state index contributed by atoms with van der Waals surface area (Å²) >= 11 is 0. The zero-order valence-corrected chi connectivity index (χ0v) is 7.67. The van der Waals surface area contributed by atoms with Crippen LogP contribution in [0.15, 0.2) is 18.2 Å². The smallest absolute Gasteiger partial charge is 0.145 e. The molecule has 1 aromatic rings. The van der Waals surface area contributed by atoms with Gasteiger partial charge in [-0.1, -0.05) is 0 Å². The lowest BCUT2D eigenvalue weighted by atomic mass is 10.1. The van der Waals surface area contributed by atoms with Gasteiger partial charge in [-0.15, -0.1) is 0 Å². The number of nitrogens with one attached hydrogen (secondary N) is 1. The third-order valence-corrected chi connectivity index (χ3v) is 2.34. The second kappa shape index (κ2) is 2.91. The van der Waals surface area contributed by atoms with E-state index in [1.54, 1.807) is 6.07 Å². The minimum atomic E-state index is -0.262. The molecule has 2 unspecified atom stereocenters. The van der Waals surface area contributed by atoms with Crippen molar-refractivity contribution in [1.29, 1.82) is 0 Å². The minimum absolute atomic E-state index is 0.0781. The van der Waals surface area contributed by atoms with E-state index in [0.29, 0.717) is 5.75 Å². The number of rotatable bonds is 0. The summed E-state index contributed by atoms with van der Waals surface area (Å²) in [6, 6.07) is 4.80. The quantitative estimate of drug-likeness (QED) is 0.663. The molecular weight excluding hydrogens is 169 g/mol.